The molecule has 0 unspecified atom stereocenters. The number of pyridine rings is 1. The van der Waals surface area contributed by atoms with Gasteiger partial charge in [0.2, 0.25) is 0 Å². The zero-order valence-corrected chi connectivity index (χ0v) is 7.07. The second-order valence-electron chi connectivity index (χ2n) is 2.79. The summed E-state index contributed by atoms with van der Waals surface area (Å²) in [4.78, 5) is 11.1. The lowest BCUT2D eigenvalue weighted by Crippen LogP contribution is -1.92. The van der Waals surface area contributed by atoms with Gasteiger partial charge in [-0.2, -0.15) is 0 Å². The van der Waals surface area contributed by atoms with Gasteiger partial charge in [-0.25, -0.2) is 4.98 Å². The number of anilines is 1. The van der Waals surface area contributed by atoms with E-state index in [0.717, 1.165) is 17.8 Å². The standard InChI is InChI=1S/C9H10N4/c10-9-12-6-8(13-9)5-7-3-1-2-4-11-7/h1-4,6H,5H2,(H3,10,12,13). The van der Waals surface area contributed by atoms with Crippen molar-refractivity contribution in [2.75, 3.05) is 5.73 Å². The van der Waals surface area contributed by atoms with Crippen LogP contribution in [-0.2, 0) is 6.42 Å². The van der Waals surface area contributed by atoms with Crippen LogP contribution < -0.4 is 5.73 Å². The van der Waals surface area contributed by atoms with E-state index >= 15 is 0 Å². The van der Waals surface area contributed by atoms with Gasteiger partial charge in [0.05, 0.1) is 6.20 Å². The molecule has 2 aromatic heterocycles. The molecule has 2 rings (SSSR count). The van der Waals surface area contributed by atoms with E-state index in [4.69, 9.17) is 5.73 Å². The lowest BCUT2D eigenvalue weighted by molar-refractivity contribution is 1.03. The molecule has 0 spiro atoms. The molecule has 0 aliphatic rings. The van der Waals surface area contributed by atoms with Gasteiger partial charge in [0.15, 0.2) is 5.95 Å². The number of nitrogens with two attached hydrogens (primary N) is 1. The first-order valence-corrected chi connectivity index (χ1v) is 4.04. The summed E-state index contributed by atoms with van der Waals surface area (Å²) in [6.45, 7) is 0. The topological polar surface area (TPSA) is 67.6 Å². The van der Waals surface area contributed by atoms with Gasteiger partial charge in [-0.05, 0) is 12.1 Å². The molecule has 0 bridgehead atoms. The smallest absolute Gasteiger partial charge is 0.197 e. The molecule has 4 nitrogen and oxygen atoms in total. The Morgan fingerprint density at radius 3 is 2.85 bits per heavy atom. The minimum absolute atomic E-state index is 0.450. The molecule has 2 aromatic rings. The zero-order valence-electron chi connectivity index (χ0n) is 7.07. The van der Waals surface area contributed by atoms with E-state index in [1.807, 2.05) is 18.2 Å². The van der Waals surface area contributed by atoms with Crippen LogP contribution in [0.5, 0.6) is 0 Å². The summed E-state index contributed by atoms with van der Waals surface area (Å²) in [5, 5.41) is 0. The molecule has 2 heterocycles. The van der Waals surface area contributed by atoms with Crippen molar-refractivity contribution >= 4 is 5.95 Å². The Hall–Kier alpha value is -1.84. The molecule has 13 heavy (non-hydrogen) atoms. The molecule has 4 heteroatoms. The number of hydrogen-bond donors (Lipinski definition) is 2. The number of aromatic amines is 1. The van der Waals surface area contributed by atoms with Gasteiger partial charge >= 0.3 is 0 Å². The lowest BCUT2D eigenvalue weighted by Gasteiger charge is -1.95. The molecule has 0 aliphatic heterocycles. The third-order valence-corrected chi connectivity index (χ3v) is 1.75. The van der Waals surface area contributed by atoms with Crippen molar-refractivity contribution in [3.63, 3.8) is 0 Å². The normalized spacial score (nSPS) is 10.2. The summed E-state index contributed by atoms with van der Waals surface area (Å²) in [7, 11) is 0. The first-order valence-electron chi connectivity index (χ1n) is 4.04. The largest absolute Gasteiger partial charge is 0.369 e. The Morgan fingerprint density at radius 1 is 1.31 bits per heavy atom. The van der Waals surface area contributed by atoms with Gasteiger partial charge in [0, 0.05) is 24.0 Å². The predicted octanol–water partition coefficient (Wildman–Crippen LogP) is 0.978. The zero-order chi connectivity index (χ0) is 9.10. The number of H-pyrrole nitrogens is 1. The van der Waals surface area contributed by atoms with Gasteiger partial charge < -0.3 is 10.7 Å². The Labute approximate surface area is 75.8 Å². The molecule has 0 amide bonds. The van der Waals surface area contributed by atoms with Gasteiger partial charge in [-0.15, -0.1) is 0 Å². The highest BCUT2D eigenvalue weighted by atomic mass is 15.0. The quantitative estimate of drug-likeness (QED) is 0.713. The Morgan fingerprint density at radius 2 is 2.23 bits per heavy atom. The summed E-state index contributed by atoms with van der Waals surface area (Å²) in [5.41, 5.74) is 7.43. The van der Waals surface area contributed by atoms with E-state index in [1.165, 1.54) is 0 Å². The molecular formula is C9H10N4. The van der Waals surface area contributed by atoms with Gasteiger partial charge in [-0.3, -0.25) is 4.98 Å². The minimum atomic E-state index is 0.450. The van der Waals surface area contributed by atoms with Crippen molar-refractivity contribution in [3.05, 3.63) is 42.0 Å². The third kappa shape index (κ3) is 1.84. The number of nitrogen functional groups attached to an aromatic ring is 1. The number of hydrogen-bond acceptors (Lipinski definition) is 3. The van der Waals surface area contributed by atoms with Gasteiger partial charge in [0.25, 0.3) is 0 Å². The van der Waals surface area contributed by atoms with Crippen LogP contribution >= 0.6 is 0 Å². The maximum absolute atomic E-state index is 5.45. The molecule has 0 fully saturated rings. The second-order valence-corrected chi connectivity index (χ2v) is 2.79. The van der Waals surface area contributed by atoms with Crippen molar-refractivity contribution in [2.45, 2.75) is 6.42 Å². The van der Waals surface area contributed by atoms with Crippen molar-refractivity contribution in [3.8, 4) is 0 Å². The molecule has 3 N–H and O–H groups in total. The van der Waals surface area contributed by atoms with E-state index < -0.39 is 0 Å². The summed E-state index contributed by atoms with van der Waals surface area (Å²) in [5.74, 6) is 0.450. The maximum atomic E-state index is 5.45. The van der Waals surface area contributed by atoms with Crippen molar-refractivity contribution in [1.82, 2.24) is 15.0 Å². The second kappa shape index (κ2) is 3.26. The maximum Gasteiger partial charge on any atom is 0.197 e. The fourth-order valence-electron chi connectivity index (χ4n) is 1.16. The molecule has 0 radical (unpaired) electrons. The van der Waals surface area contributed by atoms with E-state index in [-0.39, 0.29) is 0 Å². The summed E-state index contributed by atoms with van der Waals surface area (Å²) < 4.78 is 0. The SMILES string of the molecule is Nc1ncc(Cc2ccccn2)[nH]1. The van der Waals surface area contributed by atoms with Crippen LogP contribution in [0.4, 0.5) is 5.95 Å². The Balaban J connectivity index is 2.15. The molecule has 0 aliphatic carbocycles. The highest BCUT2D eigenvalue weighted by molar-refractivity contribution is 5.21. The molecule has 0 saturated carbocycles. The van der Waals surface area contributed by atoms with Crippen LogP contribution in [0.15, 0.2) is 30.6 Å². The summed E-state index contributed by atoms with van der Waals surface area (Å²) in [6, 6.07) is 5.82. The number of rotatable bonds is 2. The van der Waals surface area contributed by atoms with Crippen LogP contribution in [0, 0.1) is 0 Å². The number of imidazole rings is 1. The van der Waals surface area contributed by atoms with Crippen LogP contribution in [0.2, 0.25) is 0 Å². The van der Waals surface area contributed by atoms with Gasteiger partial charge in [-0.1, -0.05) is 6.07 Å². The summed E-state index contributed by atoms with van der Waals surface area (Å²) >= 11 is 0. The molecule has 0 atom stereocenters. The molecule has 0 aromatic carbocycles. The highest BCUT2D eigenvalue weighted by Gasteiger charge is 1.98. The fourth-order valence-corrected chi connectivity index (χ4v) is 1.16. The Kier molecular flexibility index (Phi) is 1.96. The van der Waals surface area contributed by atoms with Crippen molar-refractivity contribution in [1.29, 1.82) is 0 Å². The van der Waals surface area contributed by atoms with E-state index in [0.29, 0.717) is 5.95 Å². The molecule has 0 saturated heterocycles. The average Bonchev–Trinajstić information content (AvgIpc) is 2.53. The predicted molar refractivity (Wildman–Crippen MR) is 50.0 cm³/mol. The van der Waals surface area contributed by atoms with E-state index in [1.54, 1.807) is 12.4 Å². The third-order valence-electron chi connectivity index (χ3n) is 1.75. The van der Waals surface area contributed by atoms with Crippen LogP contribution in [0.1, 0.15) is 11.4 Å². The number of nitrogens with zero attached hydrogens (tertiary/aromatic N) is 2. The van der Waals surface area contributed by atoms with E-state index in [2.05, 4.69) is 15.0 Å². The first kappa shape index (κ1) is 7.79. The minimum Gasteiger partial charge on any atom is -0.369 e. The highest BCUT2D eigenvalue weighted by Crippen LogP contribution is 2.04. The molecule has 66 valence electrons. The monoisotopic (exact) mass is 174 g/mol. The van der Waals surface area contributed by atoms with Gasteiger partial charge in [0.1, 0.15) is 0 Å². The first-order chi connectivity index (χ1) is 6.34. The van der Waals surface area contributed by atoms with Crippen LogP contribution in [0.3, 0.4) is 0 Å². The van der Waals surface area contributed by atoms with Crippen LogP contribution in [-0.4, -0.2) is 15.0 Å². The summed E-state index contributed by atoms with van der Waals surface area (Å²) in [6.07, 6.45) is 4.24. The Bertz CT molecular complexity index is 380. The average molecular weight is 174 g/mol. The van der Waals surface area contributed by atoms with Crippen molar-refractivity contribution in [2.24, 2.45) is 0 Å². The number of aromatic nitrogens is 3. The van der Waals surface area contributed by atoms with Crippen molar-refractivity contribution < 1.29 is 0 Å². The lowest BCUT2D eigenvalue weighted by atomic mass is 10.2. The van der Waals surface area contributed by atoms with E-state index in [9.17, 15) is 0 Å². The molecular weight excluding hydrogens is 164 g/mol. The van der Waals surface area contributed by atoms with Crippen LogP contribution in [0.25, 0.3) is 0 Å². The fraction of sp³-hybridized carbons (Fsp3) is 0.111. The number of nitrogens with one attached hydrogen (secondary N) is 1.